The molecule has 7 nitrogen and oxygen atoms in total. The lowest BCUT2D eigenvalue weighted by Crippen LogP contribution is -2.50. The number of benzene rings is 3. The Bertz CT molecular complexity index is 1440. The zero-order chi connectivity index (χ0) is 21.7. The Balaban J connectivity index is 1.42. The molecule has 0 unspecified atom stereocenters. The van der Waals surface area contributed by atoms with Crippen molar-refractivity contribution in [1.82, 2.24) is 19.8 Å². The van der Waals surface area contributed by atoms with Crippen LogP contribution >= 0.6 is 0 Å². The van der Waals surface area contributed by atoms with Crippen LogP contribution in [-0.2, 0) is 6.54 Å². The molecule has 1 fully saturated rings. The van der Waals surface area contributed by atoms with Crippen LogP contribution in [0.5, 0.6) is 0 Å². The standard InChI is InChI=1S/C25H24N6O/c26-25(32)18-7-9-22-21(14-18)20-8-6-19-15-27-28-23(19)24(20)31(22)30-12-10-29(11-13-30)16-17-4-2-1-3-5-17/h1-9,14-15H,10-13,16H2,(H2,26,32)(H,27,28). The molecule has 0 spiro atoms. The molecule has 32 heavy (non-hydrogen) atoms. The second-order valence-corrected chi connectivity index (χ2v) is 8.42. The number of aromatic nitrogens is 3. The van der Waals surface area contributed by atoms with Crippen molar-refractivity contribution >= 4 is 38.6 Å². The van der Waals surface area contributed by atoms with Crippen LogP contribution in [0.2, 0.25) is 0 Å². The van der Waals surface area contributed by atoms with Crippen molar-refractivity contribution in [2.45, 2.75) is 6.54 Å². The van der Waals surface area contributed by atoms with E-state index in [2.05, 4.69) is 67.2 Å². The van der Waals surface area contributed by atoms with Gasteiger partial charge in [0.15, 0.2) is 0 Å². The van der Waals surface area contributed by atoms with Gasteiger partial charge in [0.05, 0.1) is 22.7 Å². The molecule has 1 aliphatic rings. The number of hydrogen-bond donors (Lipinski definition) is 2. The Labute approximate surface area is 185 Å². The number of primary amides is 1. The van der Waals surface area contributed by atoms with Crippen LogP contribution in [0.4, 0.5) is 0 Å². The Hall–Kier alpha value is -3.84. The number of H-pyrrole nitrogens is 1. The van der Waals surface area contributed by atoms with Crippen molar-refractivity contribution in [2.24, 2.45) is 5.73 Å². The van der Waals surface area contributed by atoms with Crippen LogP contribution in [0.3, 0.4) is 0 Å². The Morgan fingerprint density at radius 2 is 1.78 bits per heavy atom. The largest absolute Gasteiger partial charge is 0.366 e. The van der Waals surface area contributed by atoms with E-state index < -0.39 is 5.91 Å². The monoisotopic (exact) mass is 424 g/mol. The molecule has 1 aliphatic heterocycles. The van der Waals surface area contributed by atoms with E-state index in [1.165, 1.54) is 5.56 Å². The fraction of sp³-hybridized carbons (Fsp3) is 0.200. The van der Waals surface area contributed by atoms with E-state index in [1.807, 2.05) is 24.4 Å². The van der Waals surface area contributed by atoms with E-state index in [1.54, 1.807) is 0 Å². The quantitative estimate of drug-likeness (QED) is 0.464. The highest BCUT2D eigenvalue weighted by atomic mass is 16.1. The first-order valence-electron chi connectivity index (χ1n) is 10.9. The number of nitrogens with two attached hydrogens (primary N) is 1. The van der Waals surface area contributed by atoms with Crippen molar-refractivity contribution in [2.75, 3.05) is 31.2 Å². The number of hydrogen-bond acceptors (Lipinski definition) is 4. The number of rotatable bonds is 4. The van der Waals surface area contributed by atoms with Gasteiger partial charge >= 0.3 is 0 Å². The van der Waals surface area contributed by atoms with Crippen molar-refractivity contribution in [3.63, 3.8) is 0 Å². The molecule has 6 rings (SSSR count). The molecule has 3 heterocycles. The summed E-state index contributed by atoms with van der Waals surface area (Å²) in [6.45, 7) is 4.75. The average molecular weight is 425 g/mol. The number of carbonyl (C=O) groups is 1. The Kier molecular flexibility index (Phi) is 4.36. The number of amides is 1. The smallest absolute Gasteiger partial charge is 0.248 e. The first kappa shape index (κ1) is 18.9. The predicted octanol–water partition coefficient (Wildman–Crippen LogP) is 3.22. The lowest BCUT2D eigenvalue weighted by molar-refractivity contribution is 0.100. The fourth-order valence-corrected chi connectivity index (χ4v) is 4.88. The van der Waals surface area contributed by atoms with Crippen LogP contribution in [-0.4, -0.2) is 51.9 Å². The number of carbonyl (C=O) groups excluding carboxylic acids is 1. The first-order chi connectivity index (χ1) is 15.7. The molecule has 3 N–H and O–H groups in total. The summed E-state index contributed by atoms with van der Waals surface area (Å²) < 4.78 is 2.30. The SMILES string of the molecule is NC(=O)c1ccc2c(c1)c1ccc3cn[nH]c3c1n2N1CCN(Cc2ccccc2)CC1. The third-order valence-electron chi connectivity index (χ3n) is 6.48. The van der Waals surface area contributed by atoms with Gasteiger partial charge in [-0.1, -0.05) is 42.5 Å². The summed E-state index contributed by atoms with van der Waals surface area (Å²) in [6.07, 6.45) is 1.85. The molecule has 3 aromatic carbocycles. The molecule has 1 amide bonds. The van der Waals surface area contributed by atoms with Gasteiger partial charge in [0.25, 0.3) is 0 Å². The van der Waals surface area contributed by atoms with Gasteiger partial charge < -0.3 is 10.7 Å². The topological polar surface area (TPSA) is 83.2 Å². The van der Waals surface area contributed by atoms with Gasteiger partial charge in [-0.3, -0.25) is 19.5 Å². The minimum absolute atomic E-state index is 0.412. The van der Waals surface area contributed by atoms with Gasteiger partial charge in [0, 0.05) is 54.4 Å². The molecule has 7 heteroatoms. The molecule has 2 aromatic heterocycles. The molecule has 5 aromatic rings. The van der Waals surface area contributed by atoms with Gasteiger partial charge in [-0.05, 0) is 23.8 Å². The summed E-state index contributed by atoms with van der Waals surface area (Å²) in [6, 6.07) is 20.5. The highest BCUT2D eigenvalue weighted by Crippen LogP contribution is 2.34. The molecular weight excluding hydrogens is 400 g/mol. The van der Waals surface area contributed by atoms with Crippen molar-refractivity contribution in [3.8, 4) is 0 Å². The lowest BCUT2D eigenvalue weighted by Gasteiger charge is -2.37. The van der Waals surface area contributed by atoms with Crippen LogP contribution < -0.4 is 10.7 Å². The Morgan fingerprint density at radius 1 is 0.969 bits per heavy atom. The van der Waals surface area contributed by atoms with Crippen LogP contribution in [0.25, 0.3) is 32.7 Å². The molecule has 160 valence electrons. The van der Waals surface area contributed by atoms with Crippen molar-refractivity contribution in [1.29, 1.82) is 0 Å². The second kappa shape index (κ2) is 7.39. The summed E-state index contributed by atoms with van der Waals surface area (Å²) in [5.41, 5.74) is 10.6. The zero-order valence-corrected chi connectivity index (χ0v) is 17.7. The number of piperazine rings is 1. The second-order valence-electron chi connectivity index (χ2n) is 8.42. The minimum Gasteiger partial charge on any atom is -0.366 e. The molecule has 1 saturated heterocycles. The fourth-order valence-electron chi connectivity index (χ4n) is 4.88. The summed E-state index contributed by atoms with van der Waals surface area (Å²) in [5.74, 6) is -0.412. The lowest BCUT2D eigenvalue weighted by atomic mass is 10.1. The maximum Gasteiger partial charge on any atom is 0.248 e. The third-order valence-corrected chi connectivity index (χ3v) is 6.48. The number of nitrogens with one attached hydrogen (secondary N) is 1. The van der Waals surface area contributed by atoms with Crippen LogP contribution in [0.15, 0.2) is 66.9 Å². The highest BCUT2D eigenvalue weighted by Gasteiger charge is 2.23. The molecule has 0 bridgehead atoms. The first-order valence-corrected chi connectivity index (χ1v) is 10.9. The van der Waals surface area contributed by atoms with E-state index in [-0.39, 0.29) is 0 Å². The van der Waals surface area contributed by atoms with E-state index >= 15 is 0 Å². The van der Waals surface area contributed by atoms with Gasteiger partial charge in [-0.2, -0.15) is 5.10 Å². The summed E-state index contributed by atoms with van der Waals surface area (Å²) in [7, 11) is 0. The van der Waals surface area contributed by atoms with Gasteiger partial charge in [-0.15, -0.1) is 0 Å². The summed E-state index contributed by atoms with van der Waals surface area (Å²) in [4.78, 5) is 14.3. The van der Waals surface area contributed by atoms with Gasteiger partial charge in [-0.25, -0.2) is 0 Å². The summed E-state index contributed by atoms with van der Waals surface area (Å²) in [5, 5.41) is 13.0. The molecule has 0 aliphatic carbocycles. The van der Waals surface area contributed by atoms with Crippen molar-refractivity contribution < 1.29 is 4.79 Å². The normalized spacial score (nSPS) is 15.2. The molecule has 0 radical (unpaired) electrons. The maximum absolute atomic E-state index is 11.8. The molecule has 0 atom stereocenters. The number of nitrogens with zero attached hydrogens (tertiary/aromatic N) is 4. The zero-order valence-electron chi connectivity index (χ0n) is 17.7. The molecule has 0 saturated carbocycles. The van der Waals surface area contributed by atoms with E-state index in [4.69, 9.17) is 5.73 Å². The average Bonchev–Trinajstić information content (AvgIpc) is 3.42. The van der Waals surface area contributed by atoms with E-state index in [9.17, 15) is 4.79 Å². The van der Waals surface area contributed by atoms with E-state index in [0.29, 0.717) is 5.56 Å². The predicted molar refractivity (Wildman–Crippen MR) is 127 cm³/mol. The van der Waals surface area contributed by atoms with Crippen molar-refractivity contribution in [3.05, 3.63) is 78.0 Å². The minimum atomic E-state index is -0.412. The highest BCUT2D eigenvalue weighted by molar-refractivity contribution is 6.17. The van der Waals surface area contributed by atoms with Crippen LogP contribution in [0.1, 0.15) is 15.9 Å². The van der Waals surface area contributed by atoms with Gasteiger partial charge in [0.1, 0.15) is 0 Å². The molecular formula is C25H24N6O. The number of aromatic amines is 1. The third kappa shape index (κ3) is 3.01. The van der Waals surface area contributed by atoms with E-state index in [0.717, 1.165) is 65.4 Å². The number of fused-ring (bicyclic) bond motifs is 5. The van der Waals surface area contributed by atoms with Gasteiger partial charge in [0.2, 0.25) is 5.91 Å². The summed E-state index contributed by atoms with van der Waals surface area (Å²) >= 11 is 0. The Morgan fingerprint density at radius 3 is 2.56 bits per heavy atom. The van der Waals surface area contributed by atoms with Crippen LogP contribution in [0, 0.1) is 0 Å². The maximum atomic E-state index is 11.8.